The summed E-state index contributed by atoms with van der Waals surface area (Å²) in [7, 11) is 1.28. The van der Waals surface area contributed by atoms with Crippen LogP contribution in [0.4, 0.5) is 0 Å². The molecule has 3 nitrogen and oxygen atoms in total. The van der Waals surface area contributed by atoms with Crippen molar-refractivity contribution in [3.8, 4) is 0 Å². The molecule has 1 unspecified atom stereocenters. The lowest BCUT2D eigenvalue weighted by Crippen LogP contribution is -2.28. The van der Waals surface area contributed by atoms with Crippen molar-refractivity contribution in [2.24, 2.45) is 5.73 Å². The third-order valence-electron chi connectivity index (χ3n) is 0.727. The molecule has 54 valence electrons. The molecule has 0 saturated carbocycles. The predicted molar refractivity (Wildman–Crippen MR) is 37.4 cm³/mol. The molecule has 0 bridgehead atoms. The van der Waals surface area contributed by atoms with E-state index in [1.54, 1.807) is 0 Å². The van der Waals surface area contributed by atoms with Gasteiger partial charge in [0.15, 0.2) is 0 Å². The van der Waals surface area contributed by atoms with Gasteiger partial charge in [0.1, 0.15) is 6.04 Å². The number of hydrogen-bond donors (Lipinski definition) is 1. The maximum atomic E-state index is 10.3. The number of carbonyl (C=O) groups is 1. The Hall–Kier alpha value is -0.540. The lowest BCUT2D eigenvalue weighted by Gasteiger charge is -2.00. The first-order valence-corrected chi connectivity index (χ1v) is 2.18. The van der Waals surface area contributed by atoms with Crippen LogP contribution in [0.2, 0.25) is 0 Å². The van der Waals surface area contributed by atoms with E-state index in [-0.39, 0.29) is 12.4 Å². The second-order valence-electron chi connectivity index (χ2n) is 1.28. The molecule has 0 aliphatic rings. The quantitative estimate of drug-likeness (QED) is 0.450. The summed E-state index contributed by atoms with van der Waals surface area (Å²) in [5.74, 6) is -0.458. The number of nitrogens with two attached hydrogens (primary N) is 1. The number of methoxy groups -OCH3 is 1. The number of ether oxygens (including phenoxy) is 1. The normalized spacial score (nSPS) is 10.9. The zero-order valence-corrected chi connectivity index (χ0v) is 5.98. The summed E-state index contributed by atoms with van der Waals surface area (Å²) in [6, 6.07) is -0.681. The molecule has 0 saturated heterocycles. The molecule has 9 heavy (non-hydrogen) atoms. The van der Waals surface area contributed by atoms with Crippen LogP contribution in [-0.4, -0.2) is 19.1 Å². The van der Waals surface area contributed by atoms with E-state index in [2.05, 4.69) is 11.3 Å². The number of rotatable bonds is 2. The summed E-state index contributed by atoms with van der Waals surface area (Å²) in [6.45, 7) is 3.30. The first kappa shape index (κ1) is 11.3. The van der Waals surface area contributed by atoms with Crippen molar-refractivity contribution in [1.82, 2.24) is 0 Å². The molecule has 0 spiro atoms. The van der Waals surface area contributed by atoms with Gasteiger partial charge in [-0.05, 0) is 0 Å². The number of esters is 1. The van der Waals surface area contributed by atoms with Crippen LogP contribution >= 0.6 is 12.4 Å². The third-order valence-corrected chi connectivity index (χ3v) is 0.727. The second kappa shape index (κ2) is 5.59. The number of carbonyl (C=O) groups excluding carboxylic acids is 1. The van der Waals surface area contributed by atoms with Gasteiger partial charge in [0, 0.05) is 0 Å². The topological polar surface area (TPSA) is 52.3 Å². The summed E-state index contributed by atoms with van der Waals surface area (Å²) in [4.78, 5) is 10.3. The molecule has 0 fully saturated rings. The Morgan fingerprint density at radius 1 is 1.89 bits per heavy atom. The highest BCUT2D eigenvalue weighted by Crippen LogP contribution is 1.81. The summed E-state index contributed by atoms with van der Waals surface area (Å²) in [5.41, 5.74) is 5.13. The van der Waals surface area contributed by atoms with Crippen LogP contribution in [0.5, 0.6) is 0 Å². The molecular weight excluding hydrogens is 142 g/mol. The molecule has 0 aromatic carbocycles. The van der Waals surface area contributed by atoms with E-state index in [4.69, 9.17) is 5.73 Å². The molecular formula is C5H10ClNO2. The summed E-state index contributed by atoms with van der Waals surface area (Å²) >= 11 is 0. The summed E-state index contributed by atoms with van der Waals surface area (Å²) in [6.07, 6.45) is 1.33. The van der Waals surface area contributed by atoms with Crippen LogP contribution in [0.15, 0.2) is 12.7 Å². The molecule has 0 rings (SSSR count). The van der Waals surface area contributed by atoms with Crippen molar-refractivity contribution in [3.63, 3.8) is 0 Å². The molecule has 0 aliphatic heterocycles. The fraction of sp³-hybridized carbons (Fsp3) is 0.400. The fourth-order valence-corrected chi connectivity index (χ4v) is 0.232. The van der Waals surface area contributed by atoms with Crippen molar-refractivity contribution in [2.45, 2.75) is 6.04 Å². The first-order valence-electron chi connectivity index (χ1n) is 2.18. The monoisotopic (exact) mass is 151 g/mol. The SMILES string of the molecule is C=CC(N)C(=O)OC.Cl. The van der Waals surface area contributed by atoms with Gasteiger partial charge in [-0.2, -0.15) is 0 Å². The Morgan fingerprint density at radius 3 is 2.44 bits per heavy atom. The van der Waals surface area contributed by atoms with Gasteiger partial charge in [0.05, 0.1) is 7.11 Å². The molecule has 0 heterocycles. The minimum atomic E-state index is -0.681. The van der Waals surface area contributed by atoms with Gasteiger partial charge in [-0.15, -0.1) is 19.0 Å². The van der Waals surface area contributed by atoms with E-state index < -0.39 is 12.0 Å². The van der Waals surface area contributed by atoms with Gasteiger partial charge in [-0.25, -0.2) is 0 Å². The Labute approximate surface area is 60.3 Å². The number of halogens is 1. The van der Waals surface area contributed by atoms with Gasteiger partial charge in [0.2, 0.25) is 0 Å². The van der Waals surface area contributed by atoms with E-state index in [0.29, 0.717) is 0 Å². The summed E-state index contributed by atoms with van der Waals surface area (Å²) < 4.78 is 4.27. The smallest absolute Gasteiger partial charge is 0.326 e. The van der Waals surface area contributed by atoms with Gasteiger partial charge < -0.3 is 10.5 Å². The van der Waals surface area contributed by atoms with E-state index in [0.717, 1.165) is 0 Å². The average molecular weight is 152 g/mol. The van der Waals surface area contributed by atoms with Gasteiger partial charge in [-0.1, -0.05) is 6.08 Å². The Bertz CT molecular complexity index is 105. The number of hydrogen-bond acceptors (Lipinski definition) is 3. The maximum absolute atomic E-state index is 10.3. The van der Waals surface area contributed by atoms with E-state index in [1.165, 1.54) is 13.2 Å². The minimum Gasteiger partial charge on any atom is -0.468 e. The predicted octanol–water partition coefficient (Wildman–Crippen LogP) is 0.0945. The molecule has 4 heteroatoms. The zero-order valence-electron chi connectivity index (χ0n) is 5.16. The van der Waals surface area contributed by atoms with E-state index in [9.17, 15) is 4.79 Å². The van der Waals surface area contributed by atoms with Crippen molar-refractivity contribution >= 4 is 18.4 Å². The van der Waals surface area contributed by atoms with Crippen LogP contribution < -0.4 is 5.73 Å². The van der Waals surface area contributed by atoms with Crippen LogP contribution in [0, 0.1) is 0 Å². The lowest BCUT2D eigenvalue weighted by molar-refractivity contribution is -0.140. The van der Waals surface area contributed by atoms with E-state index >= 15 is 0 Å². The Balaban J connectivity index is 0. The molecule has 2 N–H and O–H groups in total. The second-order valence-corrected chi connectivity index (χ2v) is 1.28. The first-order chi connectivity index (χ1) is 3.72. The molecule has 0 aliphatic carbocycles. The molecule has 0 aromatic rings. The molecule has 0 aromatic heterocycles. The maximum Gasteiger partial charge on any atom is 0.326 e. The lowest BCUT2D eigenvalue weighted by atomic mass is 10.3. The van der Waals surface area contributed by atoms with Gasteiger partial charge in [0.25, 0.3) is 0 Å². The summed E-state index contributed by atoms with van der Waals surface area (Å²) in [5, 5.41) is 0. The standard InChI is InChI=1S/C5H9NO2.ClH/c1-3-4(6)5(7)8-2;/h3-4H,1,6H2,2H3;1H. The molecule has 0 amide bonds. The Morgan fingerprint density at radius 2 is 2.33 bits per heavy atom. The van der Waals surface area contributed by atoms with Crippen LogP contribution in [0.25, 0.3) is 0 Å². The van der Waals surface area contributed by atoms with Crippen LogP contribution in [-0.2, 0) is 9.53 Å². The van der Waals surface area contributed by atoms with E-state index in [1.807, 2.05) is 0 Å². The highest BCUT2D eigenvalue weighted by atomic mass is 35.5. The third kappa shape index (κ3) is 4.00. The largest absolute Gasteiger partial charge is 0.468 e. The van der Waals surface area contributed by atoms with Crippen molar-refractivity contribution in [2.75, 3.05) is 7.11 Å². The van der Waals surface area contributed by atoms with Gasteiger partial charge in [-0.3, -0.25) is 4.79 Å². The minimum absolute atomic E-state index is 0. The average Bonchev–Trinajstić information content (AvgIpc) is 1.84. The van der Waals surface area contributed by atoms with Crippen molar-refractivity contribution in [1.29, 1.82) is 0 Å². The zero-order chi connectivity index (χ0) is 6.57. The van der Waals surface area contributed by atoms with Gasteiger partial charge >= 0.3 is 5.97 Å². The van der Waals surface area contributed by atoms with Crippen LogP contribution in [0.1, 0.15) is 0 Å². The Kier molecular flexibility index (Phi) is 7.01. The molecule has 0 radical (unpaired) electrons. The van der Waals surface area contributed by atoms with Crippen molar-refractivity contribution in [3.05, 3.63) is 12.7 Å². The highest BCUT2D eigenvalue weighted by molar-refractivity contribution is 5.85. The highest BCUT2D eigenvalue weighted by Gasteiger charge is 2.06. The fourth-order valence-electron chi connectivity index (χ4n) is 0.232. The molecule has 1 atom stereocenters. The van der Waals surface area contributed by atoms with Crippen LogP contribution in [0.3, 0.4) is 0 Å². The van der Waals surface area contributed by atoms with Crippen molar-refractivity contribution < 1.29 is 9.53 Å².